The van der Waals surface area contributed by atoms with E-state index in [0.29, 0.717) is 5.82 Å². The maximum atomic E-state index is 13.2. The van der Waals surface area contributed by atoms with Gasteiger partial charge in [0, 0.05) is 27.8 Å². The van der Waals surface area contributed by atoms with Crippen molar-refractivity contribution in [2.45, 2.75) is 6.18 Å². The van der Waals surface area contributed by atoms with Crippen molar-refractivity contribution < 1.29 is 13.2 Å². The summed E-state index contributed by atoms with van der Waals surface area (Å²) in [5.74, 6) is 0.439. The lowest BCUT2D eigenvalue weighted by molar-refractivity contribution is -0.136. The minimum Gasteiger partial charge on any atom is -0.361 e. The smallest absolute Gasteiger partial charge is 0.361 e. The number of pyridine rings is 1. The van der Waals surface area contributed by atoms with Gasteiger partial charge >= 0.3 is 6.18 Å². The normalized spacial score (nSPS) is 12.0. The second-order valence-corrected chi connectivity index (χ2v) is 6.06. The fraction of sp³-hybridized carbons (Fsp3) is 0.0556. The number of aromatic nitrogens is 2. The molecule has 0 spiro atoms. The molecular formula is C18H11ClF3N3. The lowest BCUT2D eigenvalue weighted by Gasteiger charge is -2.12. The number of hydrogen-bond donors (Lipinski definition) is 2. The van der Waals surface area contributed by atoms with Crippen LogP contribution in [0.4, 0.5) is 24.7 Å². The minimum atomic E-state index is -4.49. The molecule has 2 N–H and O–H groups in total. The summed E-state index contributed by atoms with van der Waals surface area (Å²) in [5, 5.41) is 4.18. The Labute approximate surface area is 145 Å². The van der Waals surface area contributed by atoms with E-state index in [0.717, 1.165) is 22.7 Å². The molecule has 0 radical (unpaired) electrons. The second kappa shape index (κ2) is 5.67. The molecule has 0 bridgehead atoms. The molecule has 0 saturated heterocycles. The Kier molecular flexibility index (Phi) is 3.58. The molecule has 2 aromatic carbocycles. The van der Waals surface area contributed by atoms with E-state index in [1.807, 2.05) is 30.5 Å². The zero-order valence-electron chi connectivity index (χ0n) is 12.7. The molecule has 7 heteroatoms. The van der Waals surface area contributed by atoms with Crippen LogP contribution < -0.4 is 5.32 Å². The first-order valence-corrected chi connectivity index (χ1v) is 7.80. The van der Waals surface area contributed by atoms with Crippen LogP contribution in [0.1, 0.15) is 5.56 Å². The number of nitrogens with one attached hydrogen (secondary N) is 2. The van der Waals surface area contributed by atoms with E-state index in [4.69, 9.17) is 11.6 Å². The highest BCUT2D eigenvalue weighted by Gasteiger charge is 2.33. The minimum absolute atomic E-state index is 0.00252. The molecule has 3 nitrogen and oxygen atoms in total. The van der Waals surface area contributed by atoms with E-state index in [1.165, 1.54) is 18.2 Å². The zero-order valence-corrected chi connectivity index (χ0v) is 13.4. The number of benzene rings is 2. The number of hydrogen-bond acceptors (Lipinski definition) is 2. The van der Waals surface area contributed by atoms with Crippen molar-refractivity contribution in [1.29, 1.82) is 0 Å². The van der Waals surface area contributed by atoms with E-state index < -0.39 is 11.7 Å². The fourth-order valence-electron chi connectivity index (χ4n) is 2.78. The molecular weight excluding hydrogens is 351 g/mol. The van der Waals surface area contributed by atoms with Crippen LogP contribution >= 0.6 is 11.6 Å². The summed E-state index contributed by atoms with van der Waals surface area (Å²) in [6, 6.07) is 12.9. The Morgan fingerprint density at radius 3 is 2.64 bits per heavy atom. The van der Waals surface area contributed by atoms with Crippen LogP contribution in [0.5, 0.6) is 0 Å². The van der Waals surface area contributed by atoms with Crippen molar-refractivity contribution in [2.75, 3.05) is 5.32 Å². The third-order valence-electron chi connectivity index (χ3n) is 3.90. The number of aromatic amines is 1. The van der Waals surface area contributed by atoms with Gasteiger partial charge in [0.15, 0.2) is 0 Å². The second-order valence-electron chi connectivity index (χ2n) is 5.62. The van der Waals surface area contributed by atoms with Gasteiger partial charge in [-0.3, -0.25) is 0 Å². The summed E-state index contributed by atoms with van der Waals surface area (Å²) in [6.45, 7) is 0. The van der Waals surface area contributed by atoms with Crippen LogP contribution in [0.3, 0.4) is 0 Å². The van der Waals surface area contributed by atoms with Crippen molar-refractivity contribution in [3.63, 3.8) is 0 Å². The van der Waals surface area contributed by atoms with Crippen molar-refractivity contribution in [1.82, 2.24) is 9.97 Å². The summed E-state index contributed by atoms with van der Waals surface area (Å²) < 4.78 is 39.5. The van der Waals surface area contributed by atoms with Crippen molar-refractivity contribution in [3.05, 3.63) is 65.3 Å². The first-order valence-electron chi connectivity index (χ1n) is 7.42. The maximum absolute atomic E-state index is 13.2. The molecule has 2 aromatic heterocycles. The van der Waals surface area contributed by atoms with Crippen molar-refractivity contribution in [3.8, 4) is 0 Å². The van der Waals surface area contributed by atoms with Gasteiger partial charge in [-0.15, -0.1) is 0 Å². The predicted octanol–water partition coefficient (Wildman–Crippen LogP) is 6.13. The van der Waals surface area contributed by atoms with Gasteiger partial charge in [0.1, 0.15) is 5.82 Å². The maximum Gasteiger partial charge on any atom is 0.417 e. The standard InChI is InChI=1S/C18H11ClF3N3/c19-11-7-14(18(20,21)22)13-3-4-17(25-16(13)8-11)24-12-2-1-10-5-6-23-15(10)9-12/h1-9,23H,(H,24,25). The van der Waals surface area contributed by atoms with Crippen LogP contribution in [-0.4, -0.2) is 9.97 Å². The fourth-order valence-corrected chi connectivity index (χ4v) is 2.99. The average Bonchev–Trinajstić information content (AvgIpc) is 3.00. The first kappa shape index (κ1) is 15.8. The molecule has 0 saturated carbocycles. The Balaban J connectivity index is 1.75. The molecule has 126 valence electrons. The van der Waals surface area contributed by atoms with Gasteiger partial charge in [0.25, 0.3) is 0 Å². The van der Waals surface area contributed by atoms with E-state index in [9.17, 15) is 13.2 Å². The molecule has 4 rings (SSSR count). The molecule has 25 heavy (non-hydrogen) atoms. The van der Waals surface area contributed by atoms with E-state index >= 15 is 0 Å². The topological polar surface area (TPSA) is 40.7 Å². The van der Waals surface area contributed by atoms with Crippen LogP contribution in [0.15, 0.2) is 54.7 Å². The molecule has 2 heterocycles. The van der Waals surface area contributed by atoms with Gasteiger partial charge < -0.3 is 10.3 Å². The van der Waals surface area contributed by atoms with Crippen molar-refractivity contribution >= 4 is 44.9 Å². The molecule has 0 atom stereocenters. The van der Waals surface area contributed by atoms with Crippen LogP contribution in [0, 0.1) is 0 Å². The van der Waals surface area contributed by atoms with Gasteiger partial charge in [-0.1, -0.05) is 17.7 Å². The monoisotopic (exact) mass is 361 g/mol. The summed E-state index contributed by atoms with van der Waals surface area (Å²) in [6.07, 6.45) is -2.65. The highest BCUT2D eigenvalue weighted by atomic mass is 35.5. The summed E-state index contributed by atoms with van der Waals surface area (Å²) in [5.41, 5.74) is 1.13. The van der Waals surface area contributed by atoms with Crippen LogP contribution in [0.2, 0.25) is 5.02 Å². The molecule has 0 aliphatic carbocycles. The quantitative estimate of drug-likeness (QED) is 0.450. The van der Waals surface area contributed by atoms with E-state index in [2.05, 4.69) is 15.3 Å². The molecule has 4 aromatic rings. The lowest BCUT2D eigenvalue weighted by atomic mass is 10.1. The SMILES string of the molecule is FC(F)(F)c1cc(Cl)cc2nc(Nc3ccc4cc[nH]c4c3)ccc12. The van der Waals surface area contributed by atoms with Crippen LogP contribution in [0.25, 0.3) is 21.8 Å². The molecule has 0 fully saturated rings. The van der Waals surface area contributed by atoms with Crippen LogP contribution in [-0.2, 0) is 6.18 Å². The Bertz CT molecular complexity index is 1090. The Hall–Kier alpha value is -2.73. The first-order chi connectivity index (χ1) is 11.9. The number of anilines is 2. The molecule has 0 aliphatic heterocycles. The summed E-state index contributed by atoms with van der Waals surface area (Å²) in [7, 11) is 0. The Morgan fingerprint density at radius 2 is 1.84 bits per heavy atom. The van der Waals surface area contributed by atoms with E-state index in [-0.39, 0.29) is 15.9 Å². The predicted molar refractivity (Wildman–Crippen MR) is 93.3 cm³/mol. The number of nitrogens with zero attached hydrogens (tertiary/aromatic N) is 1. The summed E-state index contributed by atoms with van der Waals surface area (Å²) >= 11 is 5.83. The highest BCUT2D eigenvalue weighted by molar-refractivity contribution is 6.31. The van der Waals surface area contributed by atoms with Gasteiger partial charge in [0.2, 0.25) is 0 Å². The molecule has 0 aliphatic rings. The largest absolute Gasteiger partial charge is 0.417 e. The van der Waals surface area contributed by atoms with Crippen molar-refractivity contribution in [2.24, 2.45) is 0 Å². The average molecular weight is 362 g/mol. The van der Waals surface area contributed by atoms with E-state index in [1.54, 1.807) is 0 Å². The number of halogens is 4. The number of fused-ring (bicyclic) bond motifs is 2. The highest BCUT2D eigenvalue weighted by Crippen LogP contribution is 2.37. The summed E-state index contributed by atoms with van der Waals surface area (Å²) in [4.78, 5) is 7.37. The van der Waals surface area contributed by atoms with Gasteiger partial charge in [0.05, 0.1) is 11.1 Å². The number of H-pyrrole nitrogens is 1. The number of alkyl halides is 3. The zero-order chi connectivity index (χ0) is 17.6. The Morgan fingerprint density at radius 1 is 1.00 bits per heavy atom. The number of rotatable bonds is 2. The third-order valence-corrected chi connectivity index (χ3v) is 4.12. The van der Waals surface area contributed by atoms with Gasteiger partial charge in [-0.05, 0) is 47.9 Å². The molecule has 0 unspecified atom stereocenters. The molecule has 0 amide bonds. The van der Waals surface area contributed by atoms with Gasteiger partial charge in [-0.25, -0.2) is 4.98 Å². The van der Waals surface area contributed by atoms with Gasteiger partial charge in [-0.2, -0.15) is 13.2 Å². The third kappa shape index (κ3) is 3.00. The lowest BCUT2D eigenvalue weighted by Crippen LogP contribution is -2.06.